The van der Waals surface area contributed by atoms with E-state index >= 15 is 0 Å². The molecule has 0 saturated carbocycles. The molecular weight excluding hydrogens is 354 g/mol. The average molecular weight is 375 g/mol. The predicted octanol–water partition coefficient (Wildman–Crippen LogP) is 3.28. The van der Waals surface area contributed by atoms with Crippen LogP contribution in [0.25, 0.3) is 22.2 Å². The molecule has 0 atom stereocenters. The maximum Gasteiger partial charge on any atom is 0.279 e. The first kappa shape index (κ1) is 17.8. The van der Waals surface area contributed by atoms with Crippen LogP contribution in [0, 0.1) is 6.92 Å². The molecule has 0 bridgehead atoms. The van der Waals surface area contributed by atoms with Crippen LogP contribution in [0.1, 0.15) is 11.1 Å². The van der Waals surface area contributed by atoms with Gasteiger partial charge in [-0.15, -0.1) is 10.2 Å². The Morgan fingerprint density at radius 3 is 2.68 bits per heavy atom. The molecule has 2 aromatic carbocycles. The van der Waals surface area contributed by atoms with Crippen molar-refractivity contribution in [3.05, 3.63) is 70.1 Å². The smallest absolute Gasteiger partial charge is 0.279 e. The molecule has 0 spiro atoms. The van der Waals surface area contributed by atoms with Gasteiger partial charge in [-0.3, -0.25) is 9.78 Å². The number of aryl methyl sites for hydroxylation is 1. The van der Waals surface area contributed by atoms with E-state index in [1.807, 2.05) is 55.6 Å². The molecule has 28 heavy (non-hydrogen) atoms. The minimum Gasteiger partial charge on any atom is -0.497 e. The normalized spacial score (nSPS) is 10.9. The summed E-state index contributed by atoms with van der Waals surface area (Å²) < 4.78 is 5.25. The highest BCUT2D eigenvalue weighted by molar-refractivity contribution is 5.84. The number of ether oxygens (including phenoxy) is 1. The Morgan fingerprint density at radius 2 is 1.93 bits per heavy atom. The number of anilines is 1. The Bertz CT molecular complexity index is 1160. The fourth-order valence-electron chi connectivity index (χ4n) is 3.13. The molecule has 7 nitrogen and oxygen atoms in total. The van der Waals surface area contributed by atoms with Crippen molar-refractivity contribution >= 4 is 16.9 Å². The summed E-state index contributed by atoms with van der Waals surface area (Å²) in [5.41, 5.74) is 4.14. The molecule has 0 fully saturated rings. The van der Waals surface area contributed by atoms with Gasteiger partial charge >= 0.3 is 0 Å². The average Bonchev–Trinajstić information content (AvgIpc) is 3.11. The molecule has 2 aromatic heterocycles. The summed E-state index contributed by atoms with van der Waals surface area (Å²) >= 11 is 0. The number of hydrogen-bond donors (Lipinski definition) is 3. The first-order chi connectivity index (χ1) is 13.6. The molecule has 0 saturated heterocycles. The largest absolute Gasteiger partial charge is 0.497 e. The number of H-pyrrole nitrogens is 2. The lowest BCUT2D eigenvalue weighted by atomic mass is 10.1. The highest BCUT2D eigenvalue weighted by atomic mass is 16.5. The summed E-state index contributed by atoms with van der Waals surface area (Å²) in [6.07, 6.45) is 2.76. The van der Waals surface area contributed by atoms with Gasteiger partial charge in [-0.25, -0.2) is 0 Å². The molecular formula is C21H21N5O2. The molecule has 0 amide bonds. The summed E-state index contributed by atoms with van der Waals surface area (Å²) in [6.45, 7) is 2.62. The molecule has 142 valence electrons. The van der Waals surface area contributed by atoms with Crippen molar-refractivity contribution in [1.82, 2.24) is 20.2 Å². The second kappa shape index (κ2) is 7.56. The molecule has 3 N–H and O–H groups in total. The van der Waals surface area contributed by atoms with Crippen LogP contribution in [0.5, 0.6) is 5.75 Å². The third-order valence-corrected chi connectivity index (χ3v) is 4.68. The number of aromatic nitrogens is 4. The minimum absolute atomic E-state index is 0.263. The van der Waals surface area contributed by atoms with E-state index in [0.717, 1.165) is 34.2 Å². The van der Waals surface area contributed by atoms with Gasteiger partial charge in [0.2, 0.25) is 5.95 Å². The van der Waals surface area contributed by atoms with Gasteiger partial charge in [-0.1, -0.05) is 29.8 Å². The fourth-order valence-corrected chi connectivity index (χ4v) is 3.13. The van der Waals surface area contributed by atoms with E-state index in [2.05, 4.69) is 25.5 Å². The second-order valence-corrected chi connectivity index (χ2v) is 6.62. The summed E-state index contributed by atoms with van der Waals surface area (Å²) in [7, 11) is 1.65. The minimum atomic E-state index is -0.263. The maximum absolute atomic E-state index is 12.3. The summed E-state index contributed by atoms with van der Waals surface area (Å²) in [4.78, 5) is 18.4. The third kappa shape index (κ3) is 3.59. The zero-order chi connectivity index (χ0) is 19.5. The molecule has 0 unspecified atom stereocenters. The van der Waals surface area contributed by atoms with E-state index < -0.39 is 0 Å². The number of fused-ring (bicyclic) bond motifs is 1. The van der Waals surface area contributed by atoms with Gasteiger partial charge in [0.25, 0.3) is 5.56 Å². The Balaban J connectivity index is 1.43. The number of aromatic amines is 2. The third-order valence-electron chi connectivity index (χ3n) is 4.68. The second-order valence-electron chi connectivity index (χ2n) is 6.62. The van der Waals surface area contributed by atoms with Crippen LogP contribution in [0.4, 0.5) is 5.95 Å². The summed E-state index contributed by atoms with van der Waals surface area (Å²) in [5.74, 6) is 1.18. The molecule has 0 aliphatic carbocycles. The Hall–Kier alpha value is -3.61. The lowest BCUT2D eigenvalue weighted by Gasteiger charge is -2.06. The van der Waals surface area contributed by atoms with Gasteiger partial charge in [-0.05, 0) is 31.0 Å². The summed E-state index contributed by atoms with van der Waals surface area (Å²) in [6, 6.07) is 13.6. The number of nitrogens with one attached hydrogen (secondary N) is 3. The molecule has 4 rings (SSSR count). The van der Waals surface area contributed by atoms with Crippen molar-refractivity contribution in [3.63, 3.8) is 0 Å². The van der Waals surface area contributed by atoms with Crippen LogP contribution in [0.3, 0.4) is 0 Å². The van der Waals surface area contributed by atoms with Gasteiger partial charge in [0, 0.05) is 35.3 Å². The molecule has 0 aliphatic rings. The first-order valence-electron chi connectivity index (χ1n) is 9.06. The maximum atomic E-state index is 12.3. The zero-order valence-corrected chi connectivity index (χ0v) is 15.7. The molecule has 0 radical (unpaired) electrons. The Labute approximate surface area is 161 Å². The standard InChI is InChI=1S/C21H21N5O2/c1-13-3-5-14(6-4-13)19-20(27)24-21(26-25-19)22-10-9-15-12-23-18-11-16(28-2)7-8-17(15)18/h3-8,11-12,23H,9-10H2,1-2H3,(H2,22,24,26,27). The Kier molecular flexibility index (Phi) is 4.80. The van der Waals surface area contributed by atoms with Crippen molar-refractivity contribution in [2.75, 3.05) is 19.0 Å². The van der Waals surface area contributed by atoms with Gasteiger partial charge < -0.3 is 15.0 Å². The van der Waals surface area contributed by atoms with E-state index in [1.165, 1.54) is 5.56 Å². The fraction of sp³-hybridized carbons (Fsp3) is 0.190. The SMILES string of the molecule is COc1ccc2c(CCNc3nnc(-c4ccc(C)cc4)c(=O)[nH]3)c[nH]c2c1. The van der Waals surface area contributed by atoms with Crippen molar-refractivity contribution in [3.8, 4) is 17.0 Å². The zero-order valence-electron chi connectivity index (χ0n) is 15.7. The van der Waals surface area contributed by atoms with Crippen LogP contribution in [-0.4, -0.2) is 33.8 Å². The highest BCUT2D eigenvalue weighted by Crippen LogP contribution is 2.23. The van der Waals surface area contributed by atoms with Crippen LogP contribution in [-0.2, 0) is 6.42 Å². The van der Waals surface area contributed by atoms with Crippen LogP contribution in [0.15, 0.2) is 53.5 Å². The van der Waals surface area contributed by atoms with Gasteiger partial charge in [0.05, 0.1) is 7.11 Å². The van der Waals surface area contributed by atoms with Crippen molar-refractivity contribution in [1.29, 1.82) is 0 Å². The molecule has 7 heteroatoms. The van der Waals surface area contributed by atoms with Crippen LogP contribution in [0.2, 0.25) is 0 Å². The quantitative estimate of drug-likeness (QED) is 0.481. The van der Waals surface area contributed by atoms with E-state index in [4.69, 9.17) is 4.74 Å². The van der Waals surface area contributed by atoms with E-state index in [9.17, 15) is 4.79 Å². The Morgan fingerprint density at radius 1 is 1.11 bits per heavy atom. The lowest BCUT2D eigenvalue weighted by molar-refractivity contribution is 0.415. The monoisotopic (exact) mass is 375 g/mol. The predicted molar refractivity (Wildman–Crippen MR) is 110 cm³/mol. The number of hydrogen-bond acceptors (Lipinski definition) is 5. The van der Waals surface area contributed by atoms with Gasteiger partial charge in [0.1, 0.15) is 5.75 Å². The lowest BCUT2D eigenvalue weighted by Crippen LogP contribution is -2.18. The van der Waals surface area contributed by atoms with E-state index in [-0.39, 0.29) is 5.56 Å². The van der Waals surface area contributed by atoms with E-state index in [1.54, 1.807) is 7.11 Å². The topological polar surface area (TPSA) is 95.7 Å². The number of benzene rings is 2. The van der Waals surface area contributed by atoms with Crippen LogP contribution < -0.4 is 15.6 Å². The van der Waals surface area contributed by atoms with E-state index in [0.29, 0.717) is 18.2 Å². The number of methoxy groups -OCH3 is 1. The molecule has 4 aromatic rings. The molecule has 0 aliphatic heterocycles. The number of rotatable bonds is 6. The van der Waals surface area contributed by atoms with Crippen LogP contribution >= 0.6 is 0 Å². The van der Waals surface area contributed by atoms with Crippen molar-refractivity contribution in [2.45, 2.75) is 13.3 Å². The highest BCUT2D eigenvalue weighted by Gasteiger charge is 2.08. The molecule has 2 heterocycles. The van der Waals surface area contributed by atoms with Gasteiger partial charge in [-0.2, -0.15) is 0 Å². The van der Waals surface area contributed by atoms with Gasteiger partial charge in [0.15, 0.2) is 5.69 Å². The van der Waals surface area contributed by atoms with Crippen molar-refractivity contribution < 1.29 is 4.74 Å². The first-order valence-corrected chi connectivity index (χ1v) is 9.06. The van der Waals surface area contributed by atoms with Crippen molar-refractivity contribution in [2.24, 2.45) is 0 Å². The number of nitrogens with zero attached hydrogens (tertiary/aromatic N) is 2. The summed E-state index contributed by atoms with van der Waals surface area (Å²) in [5, 5.41) is 12.5.